The van der Waals surface area contributed by atoms with Crippen LogP contribution in [0.1, 0.15) is 152 Å². The number of aliphatic hydroxyl groups excluding tert-OH is 1. The summed E-state index contributed by atoms with van der Waals surface area (Å²) in [4.78, 5) is 88.2. The number of non-ortho nitro benzene ring substituents is 1. The molecule has 582 valence electrons. The molecule has 10 heterocycles. The molecule has 15 rings (SSSR count). The predicted octanol–water partition coefficient (Wildman–Crippen LogP) is 9.81. The van der Waals surface area contributed by atoms with Crippen molar-refractivity contribution >= 4 is 41.3 Å². The van der Waals surface area contributed by atoms with Crippen LogP contribution in [0.4, 0.5) is 15.3 Å². The van der Waals surface area contributed by atoms with Gasteiger partial charge in [-0.05, 0) is 126 Å². The van der Waals surface area contributed by atoms with Gasteiger partial charge in [-0.1, -0.05) is 107 Å². The topological polar surface area (TPSA) is 353 Å². The van der Waals surface area contributed by atoms with E-state index in [2.05, 4.69) is 42.8 Å². The molecule has 4 aromatic carbocycles. The molecule has 1 aliphatic carbocycles. The fourth-order valence-electron chi connectivity index (χ4n) is 17.9. The van der Waals surface area contributed by atoms with E-state index in [1.54, 1.807) is 31.4 Å². The molecule has 21 atom stereocenters. The average molecular weight is 1490 g/mol. The fraction of sp³-hybridized carbons (Fsp3) is 0.585. The maximum Gasteiger partial charge on any atom is 0.514 e. The van der Waals surface area contributed by atoms with Crippen LogP contribution in [0.2, 0.25) is 0 Å². The molecule has 7 N–H and O–H groups in total. The van der Waals surface area contributed by atoms with Gasteiger partial charge in [-0.2, -0.15) is 0 Å². The number of carbonyl (C=O) groups is 6. The molecule has 108 heavy (non-hydrogen) atoms. The Kier molecular flexibility index (Phi) is 25.1. The number of esters is 1. The Labute approximate surface area is 629 Å². The van der Waals surface area contributed by atoms with Crippen molar-refractivity contribution < 1.29 is 95.6 Å². The summed E-state index contributed by atoms with van der Waals surface area (Å²) in [7, 11) is 1.66. The highest BCUT2D eigenvalue weighted by Gasteiger charge is 2.69. The second-order valence-electron chi connectivity index (χ2n) is 31.2. The summed E-state index contributed by atoms with van der Waals surface area (Å²) in [5.41, 5.74) is 18.7. The summed E-state index contributed by atoms with van der Waals surface area (Å²) in [5.74, 6) is -2.93. The summed E-state index contributed by atoms with van der Waals surface area (Å²) in [6.07, 6.45) is 4.21. The van der Waals surface area contributed by atoms with E-state index in [1.165, 1.54) is 24.3 Å². The van der Waals surface area contributed by atoms with Crippen LogP contribution in [-0.2, 0) is 84.3 Å². The lowest BCUT2D eigenvalue weighted by Crippen LogP contribution is -2.61. The number of methoxy groups -OCH3 is 1. The number of urea groups is 1. The first-order valence-electron chi connectivity index (χ1n) is 38.4. The normalized spacial score (nSPS) is 31.8. The summed E-state index contributed by atoms with van der Waals surface area (Å²) in [6, 6.07) is 26.1. The van der Waals surface area contributed by atoms with Crippen molar-refractivity contribution in [2.45, 2.75) is 252 Å². The summed E-state index contributed by atoms with van der Waals surface area (Å²) >= 11 is 0. The minimum Gasteiger partial charge on any atom is -0.465 e. The highest BCUT2D eigenvalue weighted by Crippen LogP contribution is 2.55. The van der Waals surface area contributed by atoms with Gasteiger partial charge in [-0.3, -0.25) is 29.3 Å². The summed E-state index contributed by atoms with van der Waals surface area (Å²) < 4.78 is 76.0. The van der Waals surface area contributed by atoms with Crippen molar-refractivity contribution in [3.8, 4) is 16.9 Å². The lowest BCUT2D eigenvalue weighted by molar-refractivity contribution is -0.384. The Balaban J connectivity index is 0.000000191. The number of fused-ring (bicyclic) bond motifs is 9. The number of hydrogen-bond donors (Lipinski definition) is 5. The molecule has 4 aromatic rings. The molecular formula is C82H103N5O21. The van der Waals surface area contributed by atoms with Gasteiger partial charge in [0.15, 0.2) is 11.6 Å². The van der Waals surface area contributed by atoms with E-state index in [1.807, 2.05) is 50.2 Å². The lowest BCUT2D eigenvalue weighted by atomic mass is 9.81. The van der Waals surface area contributed by atoms with Gasteiger partial charge in [0.05, 0.1) is 90.4 Å². The van der Waals surface area contributed by atoms with Crippen LogP contribution in [0, 0.1) is 33.8 Å². The van der Waals surface area contributed by atoms with Crippen molar-refractivity contribution in [3.63, 3.8) is 0 Å². The van der Waals surface area contributed by atoms with Gasteiger partial charge < -0.3 is 84.0 Å². The number of ether oxygens (including phenoxy) is 12. The Bertz CT molecular complexity index is 3870. The maximum absolute atomic E-state index is 14.1. The van der Waals surface area contributed by atoms with Gasteiger partial charge in [-0.25, -0.2) is 9.59 Å². The molecule has 11 aliphatic rings. The lowest BCUT2D eigenvalue weighted by Gasteiger charge is -2.47. The van der Waals surface area contributed by atoms with Crippen LogP contribution < -0.4 is 26.8 Å². The van der Waals surface area contributed by atoms with E-state index in [0.29, 0.717) is 43.2 Å². The number of nitro benzene ring substituents is 1. The third-order valence-corrected chi connectivity index (χ3v) is 23.6. The molecule has 10 fully saturated rings. The van der Waals surface area contributed by atoms with Gasteiger partial charge in [-0.15, -0.1) is 0 Å². The monoisotopic (exact) mass is 1490 g/mol. The number of nitro groups is 1. The van der Waals surface area contributed by atoms with E-state index in [-0.39, 0.29) is 191 Å². The van der Waals surface area contributed by atoms with Gasteiger partial charge in [0, 0.05) is 89.1 Å². The number of rotatable bonds is 22. The molecule has 0 saturated carbocycles. The van der Waals surface area contributed by atoms with E-state index in [4.69, 9.17) is 68.3 Å². The first kappa shape index (κ1) is 78.3. The van der Waals surface area contributed by atoms with Gasteiger partial charge in [0.2, 0.25) is 5.91 Å². The van der Waals surface area contributed by atoms with Gasteiger partial charge in [0.25, 0.3) is 5.69 Å². The molecular weight excluding hydrogens is 1390 g/mol. The van der Waals surface area contributed by atoms with Crippen LogP contribution in [-0.4, -0.2) is 182 Å². The SMILES string of the molecule is C=C1C[C@@H]2CC[C@@]34CC5O[C@H]6[C@@H](O3)[C@H]3O[C@H](CC[C@@H]3O[C@H]6[C@H]5O4)CC(=O)CC3[C@H](C[C@H]4OC(CC[C@@H]1O2)C[C@@H](C)C4=C)O[C@H](C[C@H](O)CN)[C@@H]3OC.CC(C)[C@H](CC(=O)OCC1c2ccccc2-c2ccccc21)C(=O)N[C@@H](CCCNC(N)=O)C(=O)Cc1ccc(COC(=O)Oc2ccc([N+](=O)[O-])cc2)cc1. The number of amides is 3. The summed E-state index contributed by atoms with van der Waals surface area (Å²) in [6.45, 7) is 15.1. The molecule has 26 nitrogen and oxygen atoms in total. The molecule has 0 radical (unpaired) electrons. The zero-order chi connectivity index (χ0) is 76.1. The number of hydrogen-bond acceptors (Lipinski definition) is 22. The van der Waals surface area contributed by atoms with Crippen LogP contribution in [0.15, 0.2) is 121 Å². The third-order valence-electron chi connectivity index (χ3n) is 23.6. The first-order chi connectivity index (χ1) is 52.0. The Hall–Kier alpha value is -7.86. The number of nitrogens with two attached hydrogens (primary N) is 2. The fourth-order valence-corrected chi connectivity index (χ4v) is 17.9. The van der Waals surface area contributed by atoms with Crippen molar-refractivity contribution in [2.75, 3.05) is 26.8 Å². The molecule has 0 aromatic heterocycles. The number of benzene rings is 4. The standard InChI is InChI=1S/C42H44N4O10.C40H59NO11/c1-26(2)35(23-39(48)54-25-36-33-10-5-3-8-31(33)32-9-4-6-11-34(32)36)40(49)45-37(12-7-21-44-41(43)50)38(47)22-27-13-15-28(16-14-27)24-55-42(51)56-30-19-17-29(18-20-30)46(52)53;1-19-11-24-5-7-28-20(2)12-26(45-28)9-10-40-17-33-36(51-40)37-38(50-33)39(52-40)35-29(49-37)8-6-25(47-35)13-22(42)14-27-31(16-30(46-24)21(19)3)48-32(34(27)44-4)15-23(43)18-41/h3-6,8-11,13-20,26,35-37H,7,12,21-25H2,1-2H3,(H,45,49)(H3,43,44,50);19,23-39,43H,2-3,5-18,41H2,1,4H3/t35-,37-;19-,23+,24?,25-,26+,27?,28+,29+,30-,31+,32-,33?,34-,35+,36+,37+,38-,39+,40+/m01/s1. The van der Waals surface area contributed by atoms with Crippen molar-refractivity contribution in [1.29, 1.82) is 0 Å². The van der Waals surface area contributed by atoms with Crippen molar-refractivity contribution in [1.82, 2.24) is 10.6 Å². The van der Waals surface area contributed by atoms with Gasteiger partial charge in [0.1, 0.15) is 55.3 Å². The number of ketones is 2. The number of nitrogens with zero attached hydrogens (tertiary/aromatic N) is 1. The van der Waals surface area contributed by atoms with Crippen molar-refractivity contribution in [2.24, 2.45) is 35.1 Å². The number of nitrogens with one attached hydrogen (secondary N) is 2. The van der Waals surface area contributed by atoms with E-state index >= 15 is 0 Å². The number of carbonyl (C=O) groups excluding carboxylic acids is 6. The molecule has 10 aliphatic heterocycles. The minimum absolute atomic E-state index is 0.0158. The van der Waals surface area contributed by atoms with E-state index in [9.17, 15) is 44.0 Å². The second-order valence-corrected chi connectivity index (χ2v) is 31.2. The van der Waals surface area contributed by atoms with Gasteiger partial charge >= 0.3 is 18.2 Å². The zero-order valence-corrected chi connectivity index (χ0v) is 61.9. The van der Waals surface area contributed by atoms with Crippen LogP contribution in [0.3, 0.4) is 0 Å². The highest BCUT2D eigenvalue weighted by atomic mass is 16.8. The number of aliphatic hydroxyl groups is 1. The van der Waals surface area contributed by atoms with Crippen LogP contribution in [0.25, 0.3) is 11.1 Å². The largest absolute Gasteiger partial charge is 0.514 e. The Morgan fingerprint density at radius 3 is 2.12 bits per heavy atom. The smallest absolute Gasteiger partial charge is 0.465 e. The molecule has 12 bridgehead atoms. The molecule has 10 saturated heterocycles. The molecule has 3 amide bonds. The van der Waals surface area contributed by atoms with E-state index < -0.39 is 58.9 Å². The predicted molar refractivity (Wildman–Crippen MR) is 392 cm³/mol. The quantitative estimate of drug-likeness (QED) is 0.0122. The number of Topliss-reactive ketones (excluding diaryl/α,β-unsaturated/α-hetero) is 2. The van der Waals surface area contributed by atoms with Crippen LogP contribution in [0.5, 0.6) is 5.75 Å². The minimum atomic E-state index is -0.999. The second kappa shape index (κ2) is 34.6. The van der Waals surface area contributed by atoms with Crippen molar-refractivity contribution in [3.05, 3.63) is 154 Å². The first-order valence-corrected chi connectivity index (χ1v) is 38.4. The molecule has 3 unspecified atom stereocenters. The molecule has 26 heteroatoms. The molecule has 1 spiro atoms. The highest BCUT2D eigenvalue weighted by molar-refractivity contribution is 5.92. The Morgan fingerprint density at radius 2 is 1.42 bits per heavy atom. The average Bonchev–Trinajstić information content (AvgIpc) is 1.55. The zero-order valence-electron chi connectivity index (χ0n) is 61.9. The Morgan fingerprint density at radius 1 is 0.741 bits per heavy atom. The number of primary amides is 1. The summed E-state index contributed by atoms with van der Waals surface area (Å²) in [5, 5.41) is 26.7. The maximum atomic E-state index is 14.1. The van der Waals surface area contributed by atoms with Crippen LogP contribution >= 0.6 is 0 Å². The third kappa shape index (κ3) is 18.1. The van der Waals surface area contributed by atoms with E-state index in [0.717, 1.165) is 78.3 Å².